The molecule has 0 spiro atoms. The van der Waals surface area contributed by atoms with Crippen molar-refractivity contribution in [2.45, 2.75) is 19.4 Å². The molecule has 1 aliphatic rings. The van der Waals surface area contributed by atoms with Crippen molar-refractivity contribution in [1.29, 1.82) is 0 Å². The van der Waals surface area contributed by atoms with Crippen LogP contribution >= 0.6 is 11.7 Å². The van der Waals surface area contributed by atoms with E-state index in [0.717, 1.165) is 55.1 Å². The molecule has 5 nitrogen and oxygen atoms in total. The number of nitrogens with zero attached hydrogens (tertiary/aromatic N) is 3. The van der Waals surface area contributed by atoms with Gasteiger partial charge in [0.1, 0.15) is 6.61 Å². The second-order valence-corrected chi connectivity index (χ2v) is 7.85. The third-order valence-corrected chi connectivity index (χ3v) is 5.80. The maximum absolute atomic E-state index is 5.94. The molecule has 0 unspecified atom stereocenters. The largest absolute Gasteiger partial charge is 0.470 e. The molecule has 2 aromatic carbocycles. The molecule has 2 heterocycles. The molecule has 150 valence electrons. The maximum atomic E-state index is 5.94. The van der Waals surface area contributed by atoms with Crippen LogP contribution < -0.4 is 15.0 Å². The lowest BCUT2D eigenvalue weighted by molar-refractivity contribution is 0.295. The third-order valence-electron chi connectivity index (χ3n) is 5.30. The molecule has 0 radical (unpaired) electrons. The van der Waals surface area contributed by atoms with Crippen molar-refractivity contribution in [3.8, 4) is 5.88 Å². The van der Waals surface area contributed by atoms with E-state index in [-0.39, 0.29) is 0 Å². The highest BCUT2D eigenvalue weighted by atomic mass is 32.1. The number of benzene rings is 2. The smallest absolute Gasteiger partial charge is 0.271 e. The fourth-order valence-electron chi connectivity index (χ4n) is 3.54. The first-order valence-corrected chi connectivity index (χ1v) is 10.7. The minimum absolute atomic E-state index is 0.515. The number of ether oxygens (including phenoxy) is 1. The van der Waals surface area contributed by atoms with E-state index in [1.165, 1.54) is 11.7 Å². The Morgan fingerprint density at radius 2 is 1.72 bits per heavy atom. The lowest BCUT2D eigenvalue weighted by Crippen LogP contribution is -2.37. The Kier molecular flexibility index (Phi) is 6.42. The van der Waals surface area contributed by atoms with E-state index >= 15 is 0 Å². The number of anilines is 1. The van der Waals surface area contributed by atoms with Gasteiger partial charge in [-0.3, -0.25) is 0 Å². The molecule has 1 N–H and O–H groups in total. The van der Waals surface area contributed by atoms with Gasteiger partial charge in [-0.2, -0.15) is 4.37 Å². The highest BCUT2D eigenvalue weighted by Crippen LogP contribution is 2.30. The summed E-state index contributed by atoms with van der Waals surface area (Å²) in [5.41, 5.74) is 3.28. The molecule has 1 fully saturated rings. The number of aromatic nitrogens is 2. The third kappa shape index (κ3) is 5.15. The molecule has 4 rings (SSSR count). The van der Waals surface area contributed by atoms with E-state index < -0.39 is 0 Å². The van der Waals surface area contributed by atoms with Crippen LogP contribution in [0.1, 0.15) is 24.0 Å². The van der Waals surface area contributed by atoms with Crippen molar-refractivity contribution in [2.24, 2.45) is 5.92 Å². The van der Waals surface area contributed by atoms with Crippen molar-refractivity contribution in [3.05, 3.63) is 78.4 Å². The fraction of sp³-hybridized carbons (Fsp3) is 0.304. The second kappa shape index (κ2) is 9.56. The normalized spacial score (nSPS) is 14.6. The Morgan fingerprint density at radius 1 is 1.03 bits per heavy atom. The molecule has 1 aromatic heterocycles. The minimum Gasteiger partial charge on any atom is -0.470 e. The van der Waals surface area contributed by atoms with E-state index in [2.05, 4.69) is 49.8 Å². The van der Waals surface area contributed by atoms with E-state index in [9.17, 15) is 0 Å². The molecule has 0 amide bonds. The fourth-order valence-corrected chi connectivity index (χ4v) is 4.06. The first kappa shape index (κ1) is 19.5. The van der Waals surface area contributed by atoms with Crippen molar-refractivity contribution < 1.29 is 4.74 Å². The van der Waals surface area contributed by atoms with Crippen molar-refractivity contribution in [2.75, 3.05) is 24.5 Å². The van der Waals surface area contributed by atoms with Crippen LogP contribution in [0.15, 0.2) is 67.2 Å². The van der Waals surface area contributed by atoms with Gasteiger partial charge in [0.15, 0.2) is 0 Å². The summed E-state index contributed by atoms with van der Waals surface area (Å²) in [6.07, 6.45) is 2.23. The van der Waals surface area contributed by atoms with Crippen LogP contribution in [-0.2, 0) is 6.61 Å². The number of hydrogen-bond acceptors (Lipinski definition) is 6. The van der Waals surface area contributed by atoms with Gasteiger partial charge < -0.3 is 15.0 Å². The monoisotopic (exact) mass is 406 g/mol. The van der Waals surface area contributed by atoms with E-state index in [0.29, 0.717) is 18.4 Å². The molecular formula is C23H26N4OS. The first-order chi connectivity index (χ1) is 14.3. The maximum Gasteiger partial charge on any atom is 0.271 e. The summed E-state index contributed by atoms with van der Waals surface area (Å²) in [5.74, 6) is 2.16. The summed E-state index contributed by atoms with van der Waals surface area (Å²) in [6, 6.07) is 20.4. The van der Waals surface area contributed by atoms with E-state index in [1.807, 2.05) is 36.4 Å². The topological polar surface area (TPSA) is 50.3 Å². The molecule has 1 aliphatic heterocycles. The highest BCUT2D eigenvalue weighted by Gasteiger charge is 2.24. The lowest BCUT2D eigenvalue weighted by atomic mass is 9.96. The van der Waals surface area contributed by atoms with Gasteiger partial charge in [-0.05, 0) is 29.9 Å². The molecular weight excluding hydrogens is 380 g/mol. The Labute approximate surface area is 176 Å². The van der Waals surface area contributed by atoms with Crippen LogP contribution in [0.4, 0.5) is 5.82 Å². The summed E-state index contributed by atoms with van der Waals surface area (Å²) in [5, 5.41) is 3.50. The Hall–Kier alpha value is -2.86. The van der Waals surface area contributed by atoms with Crippen molar-refractivity contribution >= 4 is 23.2 Å². The van der Waals surface area contributed by atoms with Gasteiger partial charge in [0.25, 0.3) is 5.88 Å². The average Bonchev–Trinajstić information content (AvgIpc) is 3.26. The van der Waals surface area contributed by atoms with Gasteiger partial charge in [0.2, 0.25) is 5.82 Å². The van der Waals surface area contributed by atoms with Gasteiger partial charge in [-0.15, -0.1) is 4.37 Å². The van der Waals surface area contributed by atoms with Crippen LogP contribution in [0.5, 0.6) is 5.88 Å². The molecule has 6 heteroatoms. The summed E-state index contributed by atoms with van der Waals surface area (Å²) >= 11 is 1.22. The first-order valence-electron chi connectivity index (χ1n) is 10.0. The summed E-state index contributed by atoms with van der Waals surface area (Å²) in [6.45, 7) is 7.57. The van der Waals surface area contributed by atoms with Crippen LogP contribution in [0.2, 0.25) is 0 Å². The molecule has 0 saturated carbocycles. The summed E-state index contributed by atoms with van der Waals surface area (Å²) in [4.78, 5) is 2.30. The summed E-state index contributed by atoms with van der Waals surface area (Å²) < 4.78 is 14.8. The number of hydrogen-bond donors (Lipinski definition) is 1. The standard InChI is InChI=1S/C23H26N4OS/c1-18(21-10-6-3-7-11-21)24-16-19-12-14-27(15-13-19)22-23(26-29-25-22)28-17-20-8-4-2-5-9-20/h2-11,19,24H,1,12-17H2. The van der Waals surface area contributed by atoms with Crippen LogP contribution in [-0.4, -0.2) is 28.4 Å². The van der Waals surface area contributed by atoms with E-state index in [1.54, 1.807) is 0 Å². The highest BCUT2D eigenvalue weighted by molar-refractivity contribution is 6.99. The van der Waals surface area contributed by atoms with Gasteiger partial charge >= 0.3 is 0 Å². The Morgan fingerprint density at radius 3 is 2.45 bits per heavy atom. The SMILES string of the molecule is C=C(NCC1CCN(c2nsnc2OCc2ccccc2)CC1)c1ccccc1. The number of nitrogens with one attached hydrogen (secondary N) is 1. The molecule has 29 heavy (non-hydrogen) atoms. The van der Waals surface area contributed by atoms with Crippen LogP contribution in [0.3, 0.4) is 0 Å². The number of piperidine rings is 1. The molecule has 1 saturated heterocycles. The summed E-state index contributed by atoms with van der Waals surface area (Å²) in [7, 11) is 0. The number of rotatable bonds is 8. The quantitative estimate of drug-likeness (QED) is 0.593. The van der Waals surface area contributed by atoms with Crippen LogP contribution in [0.25, 0.3) is 5.70 Å². The van der Waals surface area contributed by atoms with Gasteiger partial charge in [-0.25, -0.2) is 0 Å². The van der Waals surface area contributed by atoms with Gasteiger partial charge in [0.05, 0.1) is 11.7 Å². The molecule has 0 atom stereocenters. The van der Waals surface area contributed by atoms with Gasteiger partial charge in [-0.1, -0.05) is 67.2 Å². The van der Waals surface area contributed by atoms with Crippen molar-refractivity contribution in [1.82, 2.24) is 14.1 Å². The Bertz CT molecular complexity index is 905. The van der Waals surface area contributed by atoms with E-state index in [4.69, 9.17) is 4.74 Å². The Balaban J connectivity index is 1.26. The predicted molar refractivity (Wildman–Crippen MR) is 119 cm³/mol. The zero-order valence-electron chi connectivity index (χ0n) is 16.5. The zero-order valence-corrected chi connectivity index (χ0v) is 17.3. The molecule has 0 aliphatic carbocycles. The van der Waals surface area contributed by atoms with Crippen molar-refractivity contribution in [3.63, 3.8) is 0 Å². The average molecular weight is 407 g/mol. The lowest BCUT2D eigenvalue weighted by Gasteiger charge is -2.32. The molecule has 3 aromatic rings. The second-order valence-electron chi connectivity index (χ2n) is 7.32. The predicted octanol–water partition coefficient (Wildman–Crippen LogP) is 4.59. The molecule has 0 bridgehead atoms. The van der Waals surface area contributed by atoms with Gasteiger partial charge in [0, 0.05) is 25.3 Å². The van der Waals surface area contributed by atoms with Crippen LogP contribution in [0, 0.1) is 5.92 Å². The zero-order chi connectivity index (χ0) is 19.9. The minimum atomic E-state index is 0.515.